The van der Waals surface area contributed by atoms with Crippen LogP contribution in [0.3, 0.4) is 0 Å². The van der Waals surface area contributed by atoms with Crippen LogP contribution < -0.4 is 20.9 Å². The van der Waals surface area contributed by atoms with E-state index >= 15 is 0 Å². The third kappa shape index (κ3) is 5.00. The van der Waals surface area contributed by atoms with Gasteiger partial charge in [-0.2, -0.15) is 5.10 Å². The Kier molecular flexibility index (Phi) is 6.23. The summed E-state index contributed by atoms with van der Waals surface area (Å²) >= 11 is 0. The fraction of sp³-hybridized carbons (Fsp3) is 0.281. The number of aromatic nitrogens is 7. The van der Waals surface area contributed by atoms with Crippen molar-refractivity contribution in [2.45, 2.75) is 43.3 Å². The lowest BCUT2D eigenvalue weighted by atomic mass is 10.1. The second kappa shape index (κ2) is 10.4. The Bertz CT molecular complexity index is 1960. The average molecular weight is 600 g/mol. The topological polar surface area (TPSA) is 164 Å². The summed E-state index contributed by atoms with van der Waals surface area (Å²) in [6, 6.07) is 14.8. The molecular weight excluding hydrogens is 570 g/mol. The molecular formula is C32H29N11O2. The van der Waals surface area contributed by atoms with Gasteiger partial charge in [0.1, 0.15) is 17.1 Å². The van der Waals surface area contributed by atoms with Crippen LogP contribution in [0.15, 0.2) is 67.1 Å². The fourth-order valence-corrected chi connectivity index (χ4v) is 6.30. The van der Waals surface area contributed by atoms with E-state index in [0.29, 0.717) is 34.2 Å². The maximum absolute atomic E-state index is 12.9. The van der Waals surface area contributed by atoms with Gasteiger partial charge in [0.25, 0.3) is 5.91 Å². The zero-order valence-corrected chi connectivity index (χ0v) is 24.2. The number of carbonyl (C=O) groups excluding carboxylic acids is 1. The van der Waals surface area contributed by atoms with Crippen molar-refractivity contribution in [3.8, 4) is 28.8 Å². The van der Waals surface area contributed by atoms with Gasteiger partial charge in [-0.05, 0) is 61.9 Å². The van der Waals surface area contributed by atoms with Crippen LogP contribution in [-0.4, -0.2) is 76.5 Å². The number of rotatable bonds is 5. The Morgan fingerprint density at radius 3 is 2.62 bits per heavy atom. The Labute approximate surface area is 258 Å². The number of nitrogens with one attached hydrogen (secondary N) is 1. The minimum absolute atomic E-state index is 0.148. The highest BCUT2D eigenvalue weighted by Gasteiger charge is 2.44. The van der Waals surface area contributed by atoms with Gasteiger partial charge >= 0.3 is 0 Å². The molecule has 13 heteroatoms. The van der Waals surface area contributed by atoms with Crippen LogP contribution in [0.2, 0.25) is 0 Å². The Morgan fingerprint density at radius 1 is 1.02 bits per heavy atom. The van der Waals surface area contributed by atoms with Crippen LogP contribution in [0.25, 0.3) is 16.9 Å². The first-order valence-electron chi connectivity index (χ1n) is 14.9. The van der Waals surface area contributed by atoms with Crippen molar-refractivity contribution in [2.75, 3.05) is 28.6 Å². The van der Waals surface area contributed by atoms with Crippen LogP contribution >= 0.6 is 0 Å². The normalized spacial score (nSPS) is 19.6. The quantitative estimate of drug-likeness (QED) is 0.254. The molecule has 1 aromatic carbocycles. The van der Waals surface area contributed by atoms with Gasteiger partial charge in [0.05, 0.1) is 11.4 Å². The first-order chi connectivity index (χ1) is 21.9. The molecule has 5 aromatic rings. The van der Waals surface area contributed by atoms with Crippen LogP contribution in [0, 0.1) is 11.8 Å². The van der Waals surface area contributed by atoms with E-state index in [2.05, 4.69) is 52.2 Å². The summed E-state index contributed by atoms with van der Waals surface area (Å²) in [6.07, 6.45) is 8.69. The summed E-state index contributed by atoms with van der Waals surface area (Å²) in [5.74, 6) is 7.81. The number of anilines is 3. The molecule has 45 heavy (non-hydrogen) atoms. The molecule has 1 amide bonds. The van der Waals surface area contributed by atoms with Crippen molar-refractivity contribution in [2.24, 2.45) is 0 Å². The van der Waals surface area contributed by atoms with Crippen LogP contribution in [0.5, 0.6) is 5.75 Å². The lowest BCUT2D eigenvalue weighted by molar-refractivity contribution is 0.0936. The molecule has 6 heterocycles. The first kappa shape index (κ1) is 26.8. The summed E-state index contributed by atoms with van der Waals surface area (Å²) in [4.78, 5) is 31.0. The van der Waals surface area contributed by atoms with Gasteiger partial charge in [0, 0.05) is 55.4 Å². The summed E-state index contributed by atoms with van der Waals surface area (Å²) in [6.45, 7) is 1.48. The minimum atomic E-state index is -0.613. The Hall–Kier alpha value is -5.77. The highest BCUT2D eigenvalue weighted by Crippen LogP contribution is 2.38. The SMILES string of the molecule is Nc1nnc(-c2ccccc2O)cc1N1C[C@H]2CC[C@@H](C1)N2c1ccnc(C#CC2(NC(=O)c3cc4ncccn4n3)CC2)n1. The van der Waals surface area contributed by atoms with Gasteiger partial charge in [-0.15, -0.1) is 10.2 Å². The number of hydrogen-bond acceptors (Lipinski definition) is 11. The van der Waals surface area contributed by atoms with E-state index in [-0.39, 0.29) is 23.7 Å². The van der Waals surface area contributed by atoms with Crippen molar-refractivity contribution in [3.63, 3.8) is 0 Å². The third-order valence-electron chi connectivity index (χ3n) is 8.69. The average Bonchev–Trinajstić information content (AvgIpc) is 3.58. The molecule has 224 valence electrons. The molecule has 4 aromatic heterocycles. The van der Waals surface area contributed by atoms with Gasteiger partial charge in [0.15, 0.2) is 17.2 Å². The summed E-state index contributed by atoms with van der Waals surface area (Å²) in [5.41, 5.74) is 8.60. The van der Waals surface area contributed by atoms with Crippen molar-refractivity contribution in [1.82, 2.24) is 40.1 Å². The number of nitrogen functional groups attached to an aromatic ring is 1. The minimum Gasteiger partial charge on any atom is -0.507 e. The molecule has 2 aliphatic heterocycles. The number of amides is 1. The molecule has 8 rings (SSSR count). The van der Waals surface area contributed by atoms with E-state index in [1.807, 2.05) is 24.3 Å². The van der Waals surface area contributed by atoms with E-state index in [0.717, 1.165) is 50.3 Å². The van der Waals surface area contributed by atoms with Crippen molar-refractivity contribution in [3.05, 3.63) is 78.6 Å². The maximum atomic E-state index is 12.9. The highest BCUT2D eigenvalue weighted by atomic mass is 16.3. The number of phenols is 1. The predicted octanol–water partition coefficient (Wildman–Crippen LogP) is 2.44. The Balaban J connectivity index is 0.982. The highest BCUT2D eigenvalue weighted by molar-refractivity contribution is 5.94. The fourth-order valence-electron chi connectivity index (χ4n) is 6.30. The molecule has 1 aliphatic carbocycles. The molecule has 1 saturated carbocycles. The van der Waals surface area contributed by atoms with E-state index < -0.39 is 5.54 Å². The number of para-hydroxylation sites is 1. The second-order valence-corrected chi connectivity index (χ2v) is 11.7. The molecule has 13 nitrogen and oxygen atoms in total. The van der Waals surface area contributed by atoms with Crippen LogP contribution in [0.4, 0.5) is 17.3 Å². The number of benzene rings is 1. The van der Waals surface area contributed by atoms with Gasteiger partial charge < -0.3 is 26.0 Å². The standard InChI is InChI=1S/C32H29N11O2/c33-30-25(16-23(38-39-30)22-4-1-2-5-26(22)44)41-18-20-6-7-21(19-41)43(20)28-9-14-34-27(36-28)8-10-32(11-12-32)37-31(45)24-17-29-35-13-3-15-42(29)40-24/h1-5,9,13-17,20-21,44H,6-7,11-12,18-19H2,(H2,33,39)(H,37,45)/t20-,21+. The maximum Gasteiger partial charge on any atom is 0.273 e. The summed E-state index contributed by atoms with van der Waals surface area (Å²) in [7, 11) is 0. The lowest BCUT2D eigenvalue weighted by Crippen LogP contribution is -2.54. The summed E-state index contributed by atoms with van der Waals surface area (Å²) < 4.78 is 1.57. The van der Waals surface area contributed by atoms with Crippen LogP contribution in [0.1, 0.15) is 42.0 Å². The molecule has 4 N–H and O–H groups in total. The van der Waals surface area contributed by atoms with Crippen molar-refractivity contribution in [1.29, 1.82) is 0 Å². The first-order valence-corrected chi connectivity index (χ1v) is 14.9. The number of fused-ring (bicyclic) bond motifs is 3. The number of aromatic hydroxyl groups is 1. The number of hydrogen-bond donors (Lipinski definition) is 3. The number of nitrogens with zero attached hydrogens (tertiary/aromatic N) is 9. The molecule has 2 bridgehead atoms. The molecule has 0 unspecified atom stereocenters. The molecule has 3 fully saturated rings. The zero-order chi connectivity index (χ0) is 30.5. The molecule has 3 aliphatic rings. The third-order valence-corrected chi connectivity index (χ3v) is 8.69. The number of carbonyl (C=O) groups is 1. The molecule has 2 saturated heterocycles. The van der Waals surface area contributed by atoms with Gasteiger partial charge in [-0.1, -0.05) is 18.1 Å². The monoisotopic (exact) mass is 599 g/mol. The Morgan fingerprint density at radius 2 is 1.84 bits per heavy atom. The van der Waals surface area contributed by atoms with E-state index in [1.54, 1.807) is 47.4 Å². The largest absolute Gasteiger partial charge is 0.507 e. The van der Waals surface area contributed by atoms with Gasteiger partial charge in [-0.3, -0.25) is 4.79 Å². The lowest BCUT2D eigenvalue weighted by Gasteiger charge is -2.42. The number of nitrogens with two attached hydrogens (primary N) is 1. The summed E-state index contributed by atoms with van der Waals surface area (Å²) in [5, 5.41) is 26.1. The smallest absolute Gasteiger partial charge is 0.273 e. The van der Waals surface area contributed by atoms with Gasteiger partial charge in [0.2, 0.25) is 5.82 Å². The molecule has 2 atom stereocenters. The molecule has 0 radical (unpaired) electrons. The van der Waals surface area contributed by atoms with E-state index in [1.165, 1.54) is 0 Å². The van der Waals surface area contributed by atoms with Crippen molar-refractivity contribution >= 4 is 28.9 Å². The van der Waals surface area contributed by atoms with E-state index in [4.69, 9.17) is 10.7 Å². The van der Waals surface area contributed by atoms with E-state index in [9.17, 15) is 9.90 Å². The molecule has 0 spiro atoms. The van der Waals surface area contributed by atoms with Crippen LogP contribution in [-0.2, 0) is 0 Å². The van der Waals surface area contributed by atoms with Gasteiger partial charge in [-0.25, -0.2) is 19.5 Å². The predicted molar refractivity (Wildman–Crippen MR) is 166 cm³/mol. The second-order valence-electron chi connectivity index (χ2n) is 11.7. The zero-order valence-electron chi connectivity index (χ0n) is 24.2. The number of phenolic OH excluding ortho intramolecular Hbond substituents is 1. The van der Waals surface area contributed by atoms with Crippen molar-refractivity contribution < 1.29 is 9.90 Å². The number of piperazine rings is 1.